The fourth-order valence-corrected chi connectivity index (χ4v) is 1.65. The van der Waals surface area contributed by atoms with Gasteiger partial charge in [0.25, 0.3) is 0 Å². The second kappa shape index (κ2) is 5.50. The van der Waals surface area contributed by atoms with Crippen LogP contribution in [0.3, 0.4) is 0 Å². The normalized spacial score (nSPS) is 10.3. The van der Waals surface area contributed by atoms with Gasteiger partial charge in [-0.1, -0.05) is 23.8 Å². The summed E-state index contributed by atoms with van der Waals surface area (Å²) in [5, 5.41) is -0.0309. The van der Waals surface area contributed by atoms with Crippen molar-refractivity contribution in [1.29, 1.82) is 0 Å². The molecular weight excluding hydrogens is 292 g/mol. The predicted molar refractivity (Wildman–Crippen MR) is 73.8 cm³/mol. The van der Waals surface area contributed by atoms with Gasteiger partial charge in [0.2, 0.25) is 0 Å². The number of hydrogen-bond donors (Lipinski definition) is 1. The van der Waals surface area contributed by atoms with Crippen LogP contribution in [0.5, 0.6) is 11.5 Å². The van der Waals surface area contributed by atoms with Crippen LogP contribution in [0, 0.1) is 11.6 Å². The second-order valence-electron chi connectivity index (χ2n) is 3.69. The molecule has 0 unspecified atom stereocenters. The Labute approximate surface area is 118 Å². The molecule has 98 valence electrons. The molecule has 6 heteroatoms. The second-order valence-corrected chi connectivity index (χ2v) is 4.53. The first kappa shape index (κ1) is 13.7. The molecule has 0 saturated heterocycles. The van der Waals surface area contributed by atoms with Crippen LogP contribution in [0.25, 0.3) is 0 Å². The topological polar surface area (TPSA) is 35.2 Å². The highest BCUT2D eigenvalue weighted by molar-refractivity contribution is 7.80. The number of thiocarbonyl (C=S) groups is 1. The Bertz CT molecular complexity index is 649. The maximum atomic E-state index is 13.7. The van der Waals surface area contributed by atoms with Gasteiger partial charge in [0, 0.05) is 11.6 Å². The maximum Gasteiger partial charge on any atom is 0.166 e. The summed E-state index contributed by atoms with van der Waals surface area (Å²) >= 11 is 10.3. The molecule has 2 nitrogen and oxygen atoms in total. The molecule has 2 aromatic carbocycles. The fourth-order valence-electron chi connectivity index (χ4n) is 1.40. The van der Waals surface area contributed by atoms with Crippen molar-refractivity contribution >= 4 is 28.8 Å². The number of hydrogen-bond acceptors (Lipinski definition) is 2. The van der Waals surface area contributed by atoms with Gasteiger partial charge in [-0.15, -0.1) is 0 Å². The minimum absolute atomic E-state index is 0.0309. The van der Waals surface area contributed by atoms with E-state index in [0.717, 1.165) is 12.1 Å². The lowest BCUT2D eigenvalue weighted by Gasteiger charge is -2.08. The molecule has 0 atom stereocenters. The zero-order valence-corrected chi connectivity index (χ0v) is 11.1. The monoisotopic (exact) mass is 299 g/mol. The Kier molecular flexibility index (Phi) is 3.97. The van der Waals surface area contributed by atoms with Crippen LogP contribution in [-0.2, 0) is 0 Å². The highest BCUT2D eigenvalue weighted by atomic mass is 35.5. The van der Waals surface area contributed by atoms with Crippen LogP contribution in [0.1, 0.15) is 5.56 Å². The Balaban J connectivity index is 2.28. The van der Waals surface area contributed by atoms with Gasteiger partial charge in [0.05, 0.1) is 5.02 Å². The third-order valence-corrected chi connectivity index (χ3v) is 2.88. The summed E-state index contributed by atoms with van der Waals surface area (Å²) in [4.78, 5) is 0.0861. The summed E-state index contributed by atoms with van der Waals surface area (Å²) in [5.74, 6) is -1.19. The predicted octanol–water partition coefficient (Wildman–Crippen LogP) is 4.04. The Morgan fingerprint density at radius 1 is 1.11 bits per heavy atom. The highest BCUT2D eigenvalue weighted by Gasteiger charge is 2.09. The van der Waals surface area contributed by atoms with Crippen molar-refractivity contribution in [3.8, 4) is 11.5 Å². The van der Waals surface area contributed by atoms with Crippen molar-refractivity contribution in [2.75, 3.05) is 0 Å². The Morgan fingerprint density at radius 3 is 2.42 bits per heavy atom. The molecule has 0 bridgehead atoms. The lowest BCUT2D eigenvalue weighted by atomic mass is 10.2. The van der Waals surface area contributed by atoms with Crippen molar-refractivity contribution in [2.45, 2.75) is 0 Å². The van der Waals surface area contributed by atoms with E-state index in [0.29, 0.717) is 5.56 Å². The van der Waals surface area contributed by atoms with Gasteiger partial charge in [0.15, 0.2) is 11.6 Å². The van der Waals surface area contributed by atoms with Gasteiger partial charge in [-0.05, 0) is 30.3 Å². The maximum absolute atomic E-state index is 13.7. The quantitative estimate of drug-likeness (QED) is 0.869. The molecule has 0 saturated carbocycles. The molecule has 0 radical (unpaired) electrons. The van der Waals surface area contributed by atoms with Gasteiger partial charge in [-0.25, -0.2) is 8.78 Å². The van der Waals surface area contributed by atoms with Crippen LogP contribution in [0.2, 0.25) is 5.02 Å². The molecule has 0 fully saturated rings. The molecule has 2 N–H and O–H groups in total. The van der Waals surface area contributed by atoms with Crippen molar-refractivity contribution < 1.29 is 13.5 Å². The summed E-state index contributed by atoms with van der Waals surface area (Å²) in [7, 11) is 0. The molecule has 0 spiro atoms. The number of rotatable bonds is 3. The van der Waals surface area contributed by atoms with E-state index in [1.165, 1.54) is 24.3 Å². The Hall–Kier alpha value is -1.72. The molecule has 0 aliphatic rings. The average molecular weight is 300 g/mol. The molecule has 0 aromatic heterocycles. The molecule has 19 heavy (non-hydrogen) atoms. The Morgan fingerprint density at radius 2 is 1.84 bits per heavy atom. The van der Waals surface area contributed by atoms with Crippen molar-refractivity contribution in [1.82, 2.24) is 0 Å². The number of ether oxygens (including phenoxy) is 1. The van der Waals surface area contributed by atoms with Crippen LogP contribution in [0.4, 0.5) is 8.78 Å². The zero-order valence-electron chi connectivity index (χ0n) is 9.49. The molecular formula is C13H8ClF2NOS. The van der Waals surface area contributed by atoms with Gasteiger partial charge in [-0.3, -0.25) is 0 Å². The number of benzene rings is 2. The van der Waals surface area contributed by atoms with E-state index >= 15 is 0 Å². The first-order valence-electron chi connectivity index (χ1n) is 5.19. The molecule has 0 heterocycles. The molecule has 2 rings (SSSR count). The van der Waals surface area contributed by atoms with Crippen molar-refractivity contribution in [3.63, 3.8) is 0 Å². The van der Waals surface area contributed by atoms with E-state index in [9.17, 15) is 8.78 Å². The third-order valence-electron chi connectivity index (χ3n) is 2.34. The summed E-state index contributed by atoms with van der Waals surface area (Å²) in [6.45, 7) is 0. The van der Waals surface area contributed by atoms with Crippen molar-refractivity contribution in [3.05, 3.63) is 58.6 Å². The third kappa shape index (κ3) is 3.19. The van der Waals surface area contributed by atoms with Gasteiger partial charge >= 0.3 is 0 Å². The van der Waals surface area contributed by atoms with E-state index < -0.39 is 11.6 Å². The van der Waals surface area contributed by atoms with Crippen LogP contribution in [0.15, 0.2) is 36.4 Å². The van der Waals surface area contributed by atoms with Crippen LogP contribution >= 0.6 is 23.8 Å². The molecule has 2 aromatic rings. The van der Waals surface area contributed by atoms with Crippen molar-refractivity contribution in [2.24, 2.45) is 5.73 Å². The van der Waals surface area contributed by atoms with E-state index in [1.807, 2.05) is 0 Å². The average Bonchev–Trinajstić information content (AvgIpc) is 2.36. The fraction of sp³-hybridized carbons (Fsp3) is 0. The largest absolute Gasteiger partial charge is 0.454 e. The van der Waals surface area contributed by atoms with Gasteiger partial charge < -0.3 is 10.5 Å². The highest BCUT2D eigenvalue weighted by Crippen LogP contribution is 2.27. The van der Waals surface area contributed by atoms with Gasteiger partial charge in [0.1, 0.15) is 16.6 Å². The van der Waals surface area contributed by atoms with E-state index in [2.05, 4.69) is 0 Å². The first-order valence-corrected chi connectivity index (χ1v) is 5.98. The zero-order chi connectivity index (χ0) is 14.0. The van der Waals surface area contributed by atoms with E-state index in [-0.39, 0.29) is 21.5 Å². The summed E-state index contributed by atoms with van der Waals surface area (Å²) in [5.41, 5.74) is 5.77. The van der Waals surface area contributed by atoms with Crippen LogP contribution in [-0.4, -0.2) is 4.99 Å². The van der Waals surface area contributed by atoms with Gasteiger partial charge in [-0.2, -0.15) is 0 Å². The number of halogens is 3. The first-order chi connectivity index (χ1) is 8.97. The molecule has 0 amide bonds. The smallest absolute Gasteiger partial charge is 0.166 e. The SMILES string of the molecule is NC(=S)c1ccc(Oc2ccc(Cl)c(F)c2)c(F)c1. The molecule has 0 aliphatic heterocycles. The number of nitrogens with two attached hydrogens (primary N) is 1. The van der Waals surface area contributed by atoms with E-state index in [4.69, 9.17) is 34.3 Å². The summed E-state index contributed by atoms with van der Waals surface area (Å²) in [6.07, 6.45) is 0. The summed E-state index contributed by atoms with van der Waals surface area (Å²) in [6, 6.07) is 7.89. The van der Waals surface area contributed by atoms with Crippen LogP contribution < -0.4 is 10.5 Å². The van der Waals surface area contributed by atoms with E-state index in [1.54, 1.807) is 0 Å². The minimum atomic E-state index is -0.640. The minimum Gasteiger partial charge on any atom is -0.454 e. The lowest BCUT2D eigenvalue weighted by molar-refractivity contribution is 0.439. The molecule has 0 aliphatic carbocycles. The lowest BCUT2D eigenvalue weighted by Crippen LogP contribution is -2.09. The summed E-state index contributed by atoms with van der Waals surface area (Å²) < 4.78 is 32.2. The standard InChI is InChI=1S/C13H8ClF2NOS/c14-9-3-2-8(6-10(9)15)18-12-4-1-7(13(17)19)5-11(12)16/h1-6H,(H2,17,19).